The highest BCUT2D eigenvalue weighted by Crippen LogP contribution is 2.26. The number of aryl methyl sites for hydroxylation is 1. The fraction of sp³-hybridized carbons (Fsp3) is 0.238. The maximum absolute atomic E-state index is 12.2. The summed E-state index contributed by atoms with van der Waals surface area (Å²) in [6.07, 6.45) is 2.57. The predicted octanol–water partition coefficient (Wildman–Crippen LogP) is 4.76. The molecule has 0 bridgehead atoms. The first-order chi connectivity index (χ1) is 13.0. The van der Waals surface area contributed by atoms with E-state index in [9.17, 15) is 9.59 Å². The van der Waals surface area contributed by atoms with Gasteiger partial charge in [-0.1, -0.05) is 24.2 Å². The van der Waals surface area contributed by atoms with Crippen molar-refractivity contribution in [3.05, 3.63) is 71.3 Å². The highest BCUT2D eigenvalue weighted by molar-refractivity contribution is 6.32. The molecule has 0 aliphatic rings. The van der Waals surface area contributed by atoms with E-state index in [1.807, 2.05) is 13.0 Å². The van der Waals surface area contributed by atoms with Gasteiger partial charge in [0.25, 0.3) is 0 Å². The quantitative estimate of drug-likeness (QED) is 0.268. The smallest absolute Gasteiger partial charge is 0.343 e. The largest absolute Gasteiger partial charge is 0.494 e. The molecule has 0 radical (unpaired) electrons. The third-order valence-electron chi connectivity index (χ3n) is 3.60. The summed E-state index contributed by atoms with van der Waals surface area (Å²) in [5.74, 6) is 0.0504. The molecule has 142 valence electrons. The van der Waals surface area contributed by atoms with Gasteiger partial charge in [0.2, 0.25) is 0 Å². The maximum Gasteiger partial charge on any atom is 0.343 e. The number of halogens is 1. The van der Waals surface area contributed by atoms with E-state index in [-0.39, 0.29) is 0 Å². The zero-order valence-corrected chi connectivity index (χ0v) is 15.8. The summed E-state index contributed by atoms with van der Waals surface area (Å²) in [4.78, 5) is 23.1. The Hall–Kier alpha value is -2.79. The molecule has 0 amide bonds. The highest BCUT2D eigenvalue weighted by atomic mass is 35.5. The van der Waals surface area contributed by atoms with E-state index in [1.54, 1.807) is 36.4 Å². The van der Waals surface area contributed by atoms with Gasteiger partial charge in [-0.25, -0.2) is 9.59 Å². The van der Waals surface area contributed by atoms with Crippen molar-refractivity contribution in [2.45, 2.75) is 19.8 Å². The van der Waals surface area contributed by atoms with Gasteiger partial charge in [-0.05, 0) is 61.7 Å². The fourth-order valence-electron chi connectivity index (χ4n) is 2.16. The van der Waals surface area contributed by atoms with Crippen LogP contribution < -0.4 is 9.47 Å². The third kappa shape index (κ3) is 6.79. The lowest BCUT2D eigenvalue weighted by Gasteiger charge is -2.09. The Morgan fingerprint density at radius 1 is 1.07 bits per heavy atom. The van der Waals surface area contributed by atoms with Crippen molar-refractivity contribution in [3.8, 4) is 11.5 Å². The van der Waals surface area contributed by atoms with Crippen molar-refractivity contribution in [1.29, 1.82) is 0 Å². The lowest BCUT2D eigenvalue weighted by molar-refractivity contribution is -0.137. The number of carbonyl (C=O) groups excluding carboxylic acids is 2. The molecule has 2 aromatic carbocycles. The Labute approximate surface area is 163 Å². The second-order valence-electron chi connectivity index (χ2n) is 5.77. The standard InChI is InChI=1S/C21H21ClO5/c1-3-20(23)26-13-5-4-12-25-17-9-7-16(8-10-17)21(24)27-19-11-6-15(2)14-18(19)22/h3,6-11,14H,1,4-5,12-13H2,2H3. The molecule has 0 aliphatic heterocycles. The predicted molar refractivity (Wildman–Crippen MR) is 103 cm³/mol. The monoisotopic (exact) mass is 388 g/mol. The molecule has 0 heterocycles. The van der Waals surface area contributed by atoms with Crippen LogP contribution in [0.3, 0.4) is 0 Å². The summed E-state index contributed by atoms with van der Waals surface area (Å²) < 4.78 is 15.8. The molecule has 0 N–H and O–H groups in total. The first-order valence-electron chi connectivity index (χ1n) is 8.50. The molecule has 0 aromatic heterocycles. The van der Waals surface area contributed by atoms with E-state index in [1.165, 1.54) is 0 Å². The molecule has 0 atom stereocenters. The average Bonchev–Trinajstić information content (AvgIpc) is 2.67. The molecular formula is C21H21ClO5. The number of benzene rings is 2. The van der Waals surface area contributed by atoms with Crippen LogP contribution in [-0.2, 0) is 9.53 Å². The average molecular weight is 389 g/mol. The zero-order chi connectivity index (χ0) is 19.6. The molecule has 27 heavy (non-hydrogen) atoms. The van der Waals surface area contributed by atoms with Crippen LogP contribution in [0.4, 0.5) is 0 Å². The lowest BCUT2D eigenvalue weighted by Crippen LogP contribution is -2.09. The van der Waals surface area contributed by atoms with Gasteiger partial charge in [-0.15, -0.1) is 0 Å². The Morgan fingerprint density at radius 3 is 2.44 bits per heavy atom. The minimum atomic E-state index is -0.490. The number of unbranched alkanes of at least 4 members (excludes halogenated alkanes) is 1. The van der Waals surface area contributed by atoms with E-state index in [4.69, 9.17) is 25.8 Å². The van der Waals surface area contributed by atoms with Crippen LogP contribution in [0.15, 0.2) is 55.1 Å². The summed E-state index contributed by atoms with van der Waals surface area (Å²) in [6.45, 7) is 6.05. The first kappa shape index (κ1) is 20.5. The van der Waals surface area contributed by atoms with Gasteiger partial charge in [-0.3, -0.25) is 0 Å². The summed E-state index contributed by atoms with van der Waals surface area (Å²) in [5, 5.41) is 0.391. The maximum atomic E-state index is 12.2. The van der Waals surface area contributed by atoms with E-state index in [0.29, 0.717) is 41.7 Å². The second-order valence-corrected chi connectivity index (χ2v) is 6.18. The van der Waals surface area contributed by atoms with Crippen LogP contribution in [0.2, 0.25) is 5.02 Å². The number of hydrogen-bond acceptors (Lipinski definition) is 5. The van der Waals surface area contributed by atoms with Gasteiger partial charge < -0.3 is 14.2 Å². The van der Waals surface area contributed by atoms with Crippen molar-refractivity contribution in [2.24, 2.45) is 0 Å². The van der Waals surface area contributed by atoms with Crippen molar-refractivity contribution in [3.63, 3.8) is 0 Å². The van der Waals surface area contributed by atoms with Gasteiger partial charge in [0.15, 0.2) is 0 Å². The lowest BCUT2D eigenvalue weighted by atomic mass is 10.2. The molecule has 0 saturated carbocycles. The van der Waals surface area contributed by atoms with Crippen LogP contribution in [-0.4, -0.2) is 25.2 Å². The number of carbonyl (C=O) groups is 2. The van der Waals surface area contributed by atoms with E-state index < -0.39 is 11.9 Å². The summed E-state index contributed by atoms with van der Waals surface area (Å²) in [7, 11) is 0. The molecule has 0 unspecified atom stereocenters. The second kappa shape index (κ2) is 10.4. The molecule has 0 saturated heterocycles. The molecule has 5 nitrogen and oxygen atoms in total. The number of ether oxygens (including phenoxy) is 3. The van der Waals surface area contributed by atoms with Crippen LogP contribution in [0.5, 0.6) is 11.5 Å². The normalized spacial score (nSPS) is 10.1. The number of rotatable bonds is 9. The molecule has 2 rings (SSSR count). The molecule has 0 spiro atoms. The molecular weight excluding hydrogens is 368 g/mol. The molecule has 2 aromatic rings. The van der Waals surface area contributed by atoms with Gasteiger partial charge in [0.1, 0.15) is 11.5 Å². The van der Waals surface area contributed by atoms with Gasteiger partial charge >= 0.3 is 11.9 Å². The van der Waals surface area contributed by atoms with E-state index in [2.05, 4.69) is 6.58 Å². The summed E-state index contributed by atoms with van der Waals surface area (Å²) >= 11 is 6.08. The van der Waals surface area contributed by atoms with Gasteiger partial charge in [0, 0.05) is 6.08 Å². The fourth-order valence-corrected chi connectivity index (χ4v) is 2.43. The SMILES string of the molecule is C=CC(=O)OCCCCOc1ccc(C(=O)Oc2ccc(C)cc2Cl)cc1. The Balaban J connectivity index is 1.78. The van der Waals surface area contributed by atoms with Crippen molar-refractivity contribution < 1.29 is 23.8 Å². The minimum Gasteiger partial charge on any atom is -0.494 e. The van der Waals surface area contributed by atoms with E-state index in [0.717, 1.165) is 18.1 Å². The van der Waals surface area contributed by atoms with Crippen molar-refractivity contribution in [2.75, 3.05) is 13.2 Å². The summed E-state index contributed by atoms with van der Waals surface area (Å²) in [5.41, 5.74) is 1.38. The number of hydrogen-bond donors (Lipinski definition) is 0. The van der Waals surface area contributed by atoms with Crippen molar-refractivity contribution >= 4 is 23.5 Å². The van der Waals surface area contributed by atoms with Gasteiger partial charge in [0.05, 0.1) is 23.8 Å². The van der Waals surface area contributed by atoms with Crippen LogP contribution in [0.25, 0.3) is 0 Å². The molecule has 6 heteroatoms. The first-order valence-corrected chi connectivity index (χ1v) is 8.88. The van der Waals surface area contributed by atoms with E-state index >= 15 is 0 Å². The molecule has 0 aliphatic carbocycles. The Morgan fingerprint density at radius 2 is 1.78 bits per heavy atom. The Bertz CT molecular complexity index is 799. The topological polar surface area (TPSA) is 61.8 Å². The highest BCUT2D eigenvalue weighted by Gasteiger charge is 2.11. The van der Waals surface area contributed by atoms with Crippen molar-refractivity contribution in [1.82, 2.24) is 0 Å². The number of esters is 2. The van der Waals surface area contributed by atoms with Crippen LogP contribution >= 0.6 is 11.6 Å². The third-order valence-corrected chi connectivity index (χ3v) is 3.89. The zero-order valence-electron chi connectivity index (χ0n) is 15.1. The van der Waals surface area contributed by atoms with Crippen LogP contribution in [0.1, 0.15) is 28.8 Å². The van der Waals surface area contributed by atoms with Crippen LogP contribution in [0, 0.1) is 6.92 Å². The minimum absolute atomic E-state index is 0.324. The Kier molecular flexibility index (Phi) is 7.89. The molecule has 0 fully saturated rings. The van der Waals surface area contributed by atoms with Gasteiger partial charge in [-0.2, -0.15) is 0 Å². The summed E-state index contributed by atoms with van der Waals surface area (Å²) in [6, 6.07) is 11.9.